The van der Waals surface area contributed by atoms with Gasteiger partial charge in [0.2, 0.25) is 0 Å². The Bertz CT molecular complexity index is 1260. The SMILES string of the molecule is Fc1ccc(Cl)cc1-c1nc2ccc(N3C[C@H]4C[C@@H]3CN4)nc2n1-c1ccncn1. The van der Waals surface area contributed by atoms with Gasteiger partial charge in [-0.1, -0.05) is 11.6 Å². The summed E-state index contributed by atoms with van der Waals surface area (Å²) in [5, 5.41) is 3.94. The Morgan fingerprint density at radius 3 is 2.80 bits per heavy atom. The van der Waals surface area contributed by atoms with Gasteiger partial charge in [-0.25, -0.2) is 24.3 Å². The van der Waals surface area contributed by atoms with Crippen LogP contribution in [0.25, 0.3) is 28.4 Å². The third-order valence-electron chi connectivity index (χ3n) is 5.81. The van der Waals surface area contributed by atoms with Crippen molar-refractivity contribution in [3.63, 3.8) is 0 Å². The molecule has 30 heavy (non-hydrogen) atoms. The molecule has 5 heterocycles. The molecule has 2 aliphatic heterocycles. The van der Waals surface area contributed by atoms with E-state index in [2.05, 4.69) is 25.2 Å². The number of hydrogen-bond donors (Lipinski definition) is 1. The third-order valence-corrected chi connectivity index (χ3v) is 6.04. The summed E-state index contributed by atoms with van der Waals surface area (Å²) in [7, 11) is 0. The molecule has 1 aromatic carbocycles. The van der Waals surface area contributed by atoms with Crippen LogP contribution >= 0.6 is 11.6 Å². The summed E-state index contributed by atoms with van der Waals surface area (Å²) < 4.78 is 16.5. The Morgan fingerprint density at radius 1 is 1.10 bits per heavy atom. The highest BCUT2D eigenvalue weighted by Crippen LogP contribution is 2.33. The van der Waals surface area contributed by atoms with Gasteiger partial charge in [0, 0.05) is 36.4 Å². The van der Waals surface area contributed by atoms with E-state index in [9.17, 15) is 4.39 Å². The summed E-state index contributed by atoms with van der Waals surface area (Å²) >= 11 is 6.15. The van der Waals surface area contributed by atoms with Crippen LogP contribution in [0.4, 0.5) is 10.2 Å². The maximum Gasteiger partial charge on any atom is 0.168 e. The van der Waals surface area contributed by atoms with Crippen molar-refractivity contribution >= 4 is 28.6 Å². The molecule has 7 nitrogen and oxygen atoms in total. The number of aromatic nitrogens is 5. The van der Waals surface area contributed by atoms with E-state index in [0.717, 1.165) is 25.3 Å². The zero-order valence-electron chi connectivity index (χ0n) is 15.8. The zero-order valence-corrected chi connectivity index (χ0v) is 16.6. The Hall–Kier alpha value is -3.10. The van der Waals surface area contributed by atoms with Crippen LogP contribution in [0, 0.1) is 5.82 Å². The van der Waals surface area contributed by atoms with Gasteiger partial charge in [0.1, 0.15) is 29.3 Å². The van der Waals surface area contributed by atoms with Crippen LogP contribution in [0.3, 0.4) is 0 Å². The van der Waals surface area contributed by atoms with Crippen molar-refractivity contribution in [3.8, 4) is 17.2 Å². The minimum Gasteiger partial charge on any atom is -0.351 e. The van der Waals surface area contributed by atoms with Gasteiger partial charge >= 0.3 is 0 Å². The fraction of sp³-hybridized carbons (Fsp3) is 0.238. The number of fused-ring (bicyclic) bond motifs is 3. The van der Waals surface area contributed by atoms with Gasteiger partial charge in [0.15, 0.2) is 11.5 Å². The molecule has 150 valence electrons. The molecular formula is C21H17ClFN7. The van der Waals surface area contributed by atoms with E-state index in [1.54, 1.807) is 22.9 Å². The number of pyridine rings is 1. The zero-order chi connectivity index (χ0) is 20.2. The number of piperazine rings is 1. The summed E-state index contributed by atoms with van der Waals surface area (Å²) in [6.07, 6.45) is 4.22. The molecule has 0 spiro atoms. The maximum atomic E-state index is 14.7. The lowest BCUT2D eigenvalue weighted by Gasteiger charge is -2.28. The average molecular weight is 422 g/mol. The quantitative estimate of drug-likeness (QED) is 0.547. The summed E-state index contributed by atoms with van der Waals surface area (Å²) in [5.41, 5.74) is 1.58. The second kappa shape index (κ2) is 6.72. The lowest BCUT2D eigenvalue weighted by atomic mass is 10.2. The molecule has 2 bridgehead atoms. The van der Waals surface area contributed by atoms with Crippen molar-refractivity contribution in [3.05, 3.63) is 59.8 Å². The van der Waals surface area contributed by atoms with Gasteiger partial charge in [-0.05, 0) is 42.8 Å². The van der Waals surface area contributed by atoms with Crippen LogP contribution in [0.5, 0.6) is 0 Å². The first-order valence-electron chi connectivity index (χ1n) is 9.79. The smallest absolute Gasteiger partial charge is 0.168 e. The van der Waals surface area contributed by atoms with Crippen molar-refractivity contribution in [1.29, 1.82) is 0 Å². The number of nitrogens with one attached hydrogen (secondary N) is 1. The summed E-state index contributed by atoms with van der Waals surface area (Å²) in [6, 6.07) is 11.1. The lowest BCUT2D eigenvalue weighted by molar-refractivity contribution is 0.577. The van der Waals surface area contributed by atoms with Crippen molar-refractivity contribution < 1.29 is 4.39 Å². The normalized spacial score (nSPS) is 20.4. The molecular weight excluding hydrogens is 405 g/mol. The van der Waals surface area contributed by atoms with Crippen LogP contribution in [0.1, 0.15) is 6.42 Å². The Kier molecular flexibility index (Phi) is 3.97. The van der Waals surface area contributed by atoms with Gasteiger partial charge in [0.05, 0.1) is 5.56 Å². The fourth-order valence-electron chi connectivity index (χ4n) is 4.43. The second-order valence-corrected chi connectivity index (χ2v) is 8.06. The maximum absolute atomic E-state index is 14.7. The molecule has 2 atom stereocenters. The van der Waals surface area contributed by atoms with Crippen LogP contribution in [0.2, 0.25) is 5.02 Å². The van der Waals surface area contributed by atoms with Crippen LogP contribution in [-0.4, -0.2) is 49.7 Å². The molecule has 0 aliphatic carbocycles. The number of imidazole rings is 1. The molecule has 0 radical (unpaired) electrons. The highest BCUT2D eigenvalue weighted by atomic mass is 35.5. The van der Waals surface area contributed by atoms with E-state index in [0.29, 0.717) is 45.5 Å². The van der Waals surface area contributed by atoms with E-state index in [1.807, 2.05) is 12.1 Å². The van der Waals surface area contributed by atoms with E-state index in [1.165, 1.54) is 18.5 Å². The lowest BCUT2D eigenvalue weighted by Crippen LogP contribution is -2.44. The minimum atomic E-state index is -0.409. The molecule has 0 unspecified atom stereocenters. The topological polar surface area (TPSA) is 71.8 Å². The molecule has 9 heteroatoms. The molecule has 2 saturated heterocycles. The second-order valence-electron chi connectivity index (χ2n) is 7.62. The van der Waals surface area contributed by atoms with Crippen molar-refractivity contribution in [2.75, 3.05) is 18.0 Å². The Morgan fingerprint density at radius 2 is 2.03 bits per heavy atom. The van der Waals surface area contributed by atoms with Crippen LogP contribution in [-0.2, 0) is 0 Å². The van der Waals surface area contributed by atoms with E-state index >= 15 is 0 Å². The monoisotopic (exact) mass is 421 g/mol. The van der Waals surface area contributed by atoms with Gasteiger partial charge in [-0.15, -0.1) is 0 Å². The first-order valence-corrected chi connectivity index (χ1v) is 10.2. The molecule has 6 rings (SSSR count). The standard InChI is InChI=1S/C21H17ClFN7/c22-12-1-2-16(23)15(7-12)20-27-17-3-4-19(29-10-13-8-14(29)9-25-13)28-21(17)30(20)18-5-6-24-11-26-18/h1-7,11,13-14,25H,8-10H2/t13-,14-/m1/s1. The molecule has 0 amide bonds. The first kappa shape index (κ1) is 17.7. The number of rotatable bonds is 3. The molecule has 3 aromatic heterocycles. The van der Waals surface area contributed by atoms with Crippen LogP contribution < -0.4 is 10.2 Å². The van der Waals surface area contributed by atoms with E-state index in [4.69, 9.17) is 16.6 Å². The number of halogens is 2. The van der Waals surface area contributed by atoms with E-state index < -0.39 is 5.82 Å². The van der Waals surface area contributed by atoms with E-state index in [-0.39, 0.29) is 0 Å². The number of hydrogen-bond acceptors (Lipinski definition) is 6. The third kappa shape index (κ3) is 2.75. The number of benzene rings is 1. The number of anilines is 1. The average Bonchev–Trinajstić information content (AvgIpc) is 3.49. The Labute approximate surface area is 176 Å². The molecule has 1 N–H and O–H groups in total. The highest BCUT2D eigenvalue weighted by Gasteiger charge is 2.38. The molecule has 2 fully saturated rings. The molecule has 2 aliphatic rings. The van der Waals surface area contributed by atoms with Crippen molar-refractivity contribution in [1.82, 2.24) is 29.8 Å². The predicted octanol–water partition coefficient (Wildman–Crippen LogP) is 3.22. The van der Waals surface area contributed by atoms with Gasteiger partial charge < -0.3 is 10.2 Å². The number of nitrogens with zero attached hydrogens (tertiary/aromatic N) is 6. The van der Waals surface area contributed by atoms with Gasteiger partial charge in [-0.3, -0.25) is 4.57 Å². The minimum absolute atomic E-state index is 0.296. The first-order chi connectivity index (χ1) is 14.7. The predicted molar refractivity (Wildman–Crippen MR) is 112 cm³/mol. The Balaban J connectivity index is 1.58. The summed E-state index contributed by atoms with van der Waals surface area (Å²) in [4.78, 5) is 20.3. The summed E-state index contributed by atoms with van der Waals surface area (Å²) in [6.45, 7) is 1.90. The van der Waals surface area contributed by atoms with Crippen molar-refractivity contribution in [2.45, 2.75) is 18.5 Å². The highest BCUT2D eigenvalue weighted by molar-refractivity contribution is 6.30. The fourth-order valence-corrected chi connectivity index (χ4v) is 4.60. The molecule has 4 aromatic rings. The van der Waals surface area contributed by atoms with Crippen molar-refractivity contribution in [2.24, 2.45) is 0 Å². The van der Waals surface area contributed by atoms with Gasteiger partial charge in [-0.2, -0.15) is 0 Å². The summed E-state index contributed by atoms with van der Waals surface area (Å²) in [5.74, 6) is 1.45. The van der Waals surface area contributed by atoms with Gasteiger partial charge in [0.25, 0.3) is 0 Å². The largest absolute Gasteiger partial charge is 0.351 e. The van der Waals surface area contributed by atoms with Crippen LogP contribution in [0.15, 0.2) is 48.9 Å². The molecule has 0 saturated carbocycles.